The maximum atomic E-state index is 9.74. The van der Waals surface area contributed by atoms with Crippen LogP contribution in [-0.4, -0.2) is 15.2 Å². The Bertz CT molecular complexity index is 677. The molecule has 0 atom stereocenters. The van der Waals surface area contributed by atoms with Gasteiger partial charge in [-0.05, 0) is 17.7 Å². The van der Waals surface area contributed by atoms with Crippen LogP contribution in [0.15, 0.2) is 59.1 Å². The van der Waals surface area contributed by atoms with E-state index in [0.717, 1.165) is 5.56 Å². The lowest BCUT2D eigenvalue weighted by Crippen LogP contribution is -1.90. The zero-order valence-electron chi connectivity index (χ0n) is 10.2. The Balaban J connectivity index is 1.86. The van der Waals surface area contributed by atoms with Crippen LogP contribution in [0.2, 0.25) is 0 Å². The highest BCUT2D eigenvalue weighted by Crippen LogP contribution is 2.27. The van der Waals surface area contributed by atoms with Crippen molar-refractivity contribution in [3.63, 3.8) is 0 Å². The van der Waals surface area contributed by atoms with Crippen molar-refractivity contribution in [3.05, 3.63) is 66.0 Å². The van der Waals surface area contributed by atoms with Gasteiger partial charge >= 0.3 is 0 Å². The summed E-state index contributed by atoms with van der Waals surface area (Å²) in [6.45, 7) is 0. The Morgan fingerprint density at radius 2 is 1.68 bits per heavy atom. The number of nitrogens with zero attached hydrogens (tertiary/aromatic N) is 2. The largest absolute Gasteiger partial charge is 0.507 e. The lowest BCUT2D eigenvalue weighted by molar-refractivity contribution is 0.418. The molecule has 0 bridgehead atoms. The van der Waals surface area contributed by atoms with Crippen LogP contribution in [0.25, 0.3) is 11.5 Å². The number of hydrogen-bond acceptors (Lipinski definition) is 4. The Labute approximate surface area is 110 Å². The molecule has 0 saturated heterocycles. The minimum atomic E-state index is 0.136. The van der Waals surface area contributed by atoms with Gasteiger partial charge in [0.05, 0.1) is 5.56 Å². The fraction of sp³-hybridized carbons (Fsp3) is 0.0667. The van der Waals surface area contributed by atoms with Crippen molar-refractivity contribution in [1.82, 2.24) is 10.1 Å². The first-order chi connectivity index (χ1) is 9.33. The van der Waals surface area contributed by atoms with Crippen molar-refractivity contribution in [2.45, 2.75) is 6.42 Å². The summed E-state index contributed by atoms with van der Waals surface area (Å²) < 4.78 is 5.18. The smallest absolute Gasteiger partial charge is 0.261 e. The lowest BCUT2D eigenvalue weighted by atomic mass is 10.1. The molecule has 3 rings (SSSR count). The van der Waals surface area contributed by atoms with Gasteiger partial charge in [0.25, 0.3) is 5.89 Å². The molecule has 0 aliphatic carbocycles. The van der Waals surface area contributed by atoms with Gasteiger partial charge in [-0.15, -0.1) is 0 Å². The van der Waals surface area contributed by atoms with E-state index in [-0.39, 0.29) is 5.75 Å². The first-order valence-corrected chi connectivity index (χ1v) is 5.98. The number of phenols is 1. The van der Waals surface area contributed by atoms with Gasteiger partial charge in [0.15, 0.2) is 5.82 Å². The average Bonchev–Trinajstić information content (AvgIpc) is 2.89. The summed E-state index contributed by atoms with van der Waals surface area (Å²) in [6.07, 6.45) is 0.609. The Morgan fingerprint density at radius 3 is 2.47 bits per heavy atom. The zero-order valence-corrected chi connectivity index (χ0v) is 10.2. The van der Waals surface area contributed by atoms with Gasteiger partial charge in [-0.1, -0.05) is 47.6 Å². The zero-order chi connectivity index (χ0) is 13.1. The second kappa shape index (κ2) is 4.94. The lowest BCUT2D eigenvalue weighted by Gasteiger charge is -1.96. The second-order valence-electron chi connectivity index (χ2n) is 4.20. The first-order valence-electron chi connectivity index (χ1n) is 5.98. The third-order valence-electron chi connectivity index (χ3n) is 2.81. The molecule has 0 fully saturated rings. The van der Waals surface area contributed by atoms with E-state index in [9.17, 15) is 5.11 Å². The summed E-state index contributed by atoms with van der Waals surface area (Å²) in [7, 11) is 0. The van der Waals surface area contributed by atoms with Gasteiger partial charge < -0.3 is 9.63 Å². The van der Waals surface area contributed by atoms with E-state index in [4.69, 9.17) is 4.52 Å². The van der Waals surface area contributed by atoms with E-state index in [2.05, 4.69) is 10.1 Å². The summed E-state index contributed by atoms with van der Waals surface area (Å²) in [6, 6.07) is 16.8. The van der Waals surface area contributed by atoms with E-state index in [1.54, 1.807) is 18.2 Å². The van der Waals surface area contributed by atoms with Gasteiger partial charge in [-0.25, -0.2) is 0 Å². The van der Waals surface area contributed by atoms with Crippen molar-refractivity contribution >= 4 is 0 Å². The van der Waals surface area contributed by atoms with E-state index >= 15 is 0 Å². The quantitative estimate of drug-likeness (QED) is 0.778. The van der Waals surface area contributed by atoms with E-state index < -0.39 is 0 Å². The van der Waals surface area contributed by atoms with E-state index in [0.29, 0.717) is 23.7 Å². The Kier molecular flexibility index (Phi) is 2.98. The van der Waals surface area contributed by atoms with Crippen LogP contribution in [0.1, 0.15) is 11.4 Å². The topological polar surface area (TPSA) is 59.2 Å². The van der Waals surface area contributed by atoms with Crippen molar-refractivity contribution in [3.8, 4) is 17.2 Å². The Morgan fingerprint density at radius 1 is 0.947 bits per heavy atom. The molecule has 94 valence electrons. The molecule has 4 nitrogen and oxygen atoms in total. The van der Waals surface area contributed by atoms with E-state index in [1.807, 2.05) is 36.4 Å². The molecule has 0 spiro atoms. The SMILES string of the molecule is Oc1ccccc1-c1nc(Cc2ccccc2)no1. The molecule has 0 unspecified atom stereocenters. The number of aromatic nitrogens is 2. The Hall–Kier alpha value is -2.62. The molecule has 2 aromatic carbocycles. The molecule has 19 heavy (non-hydrogen) atoms. The normalized spacial score (nSPS) is 10.5. The first kappa shape index (κ1) is 11.5. The highest BCUT2D eigenvalue weighted by atomic mass is 16.5. The summed E-state index contributed by atoms with van der Waals surface area (Å²) in [4.78, 5) is 4.30. The third-order valence-corrected chi connectivity index (χ3v) is 2.81. The van der Waals surface area contributed by atoms with Crippen LogP contribution in [0.4, 0.5) is 0 Å². The van der Waals surface area contributed by atoms with Crippen molar-refractivity contribution in [1.29, 1.82) is 0 Å². The summed E-state index contributed by atoms with van der Waals surface area (Å²) in [5.74, 6) is 1.07. The minimum Gasteiger partial charge on any atom is -0.507 e. The highest BCUT2D eigenvalue weighted by molar-refractivity contribution is 5.61. The van der Waals surface area contributed by atoms with Crippen molar-refractivity contribution in [2.75, 3.05) is 0 Å². The van der Waals surface area contributed by atoms with Gasteiger partial charge in [0, 0.05) is 6.42 Å². The van der Waals surface area contributed by atoms with Crippen LogP contribution in [0, 0.1) is 0 Å². The summed E-state index contributed by atoms with van der Waals surface area (Å²) >= 11 is 0. The maximum Gasteiger partial charge on any atom is 0.261 e. The second-order valence-corrected chi connectivity index (χ2v) is 4.20. The number of aromatic hydroxyl groups is 1. The fourth-order valence-electron chi connectivity index (χ4n) is 1.87. The standard InChI is InChI=1S/C15H12N2O2/c18-13-9-5-4-8-12(13)15-16-14(17-19-15)10-11-6-2-1-3-7-11/h1-9,18H,10H2. The van der Waals surface area contributed by atoms with Crippen LogP contribution < -0.4 is 0 Å². The molecule has 3 aromatic rings. The number of benzene rings is 2. The third kappa shape index (κ3) is 2.47. The van der Waals surface area contributed by atoms with Crippen LogP contribution in [0.5, 0.6) is 5.75 Å². The molecule has 0 aliphatic rings. The summed E-state index contributed by atoms with van der Waals surface area (Å²) in [5, 5.41) is 13.7. The van der Waals surface area contributed by atoms with Crippen LogP contribution in [0.3, 0.4) is 0 Å². The number of hydrogen-bond donors (Lipinski definition) is 1. The molecule has 0 radical (unpaired) electrons. The molecule has 1 heterocycles. The maximum absolute atomic E-state index is 9.74. The summed E-state index contributed by atoms with van der Waals surface area (Å²) in [5.41, 5.74) is 1.67. The number of para-hydroxylation sites is 1. The van der Waals surface area contributed by atoms with Gasteiger partial charge in [0.1, 0.15) is 5.75 Å². The molecule has 0 saturated carbocycles. The average molecular weight is 252 g/mol. The van der Waals surface area contributed by atoms with E-state index in [1.165, 1.54) is 0 Å². The molecule has 1 aromatic heterocycles. The number of phenolic OH excluding ortho intramolecular Hbond substituents is 1. The van der Waals surface area contributed by atoms with Crippen LogP contribution >= 0.6 is 0 Å². The van der Waals surface area contributed by atoms with Gasteiger partial charge in [-0.3, -0.25) is 0 Å². The molecule has 0 amide bonds. The molecular formula is C15H12N2O2. The van der Waals surface area contributed by atoms with Crippen molar-refractivity contribution in [2.24, 2.45) is 0 Å². The molecule has 1 N–H and O–H groups in total. The van der Waals surface area contributed by atoms with Crippen LogP contribution in [-0.2, 0) is 6.42 Å². The molecule has 0 aliphatic heterocycles. The molecule has 4 heteroatoms. The fourth-order valence-corrected chi connectivity index (χ4v) is 1.87. The minimum absolute atomic E-state index is 0.136. The van der Waals surface area contributed by atoms with Crippen molar-refractivity contribution < 1.29 is 9.63 Å². The van der Waals surface area contributed by atoms with Gasteiger partial charge in [0.2, 0.25) is 0 Å². The monoisotopic (exact) mass is 252 g/mol. The predicted octanol–water partition coefficient (Wildman–Crippen LogP) is 3.03. The predicted molar refractivity (Wildman–Crippen MR) is 70.6 cm³/mol. The molecular weight excluding hydrogens is 240 g/mol. The van der Waals surface area contributed by atoms with Gasteiger partial charge in [-0.2, -0.15) is 4.98 Å². The highest BCUT2D eigenvalue weighted by Gasteiger charge is 2.12. The number of rotatable bonds is 3.